The van der Waals surface area contributed by atoms with E-state index >= 15 is 0 Å². The zero-order valence-electron chi connectivity index (χ0n) is 15.0. The van der Waals surface area contributed by atoms with Crippen LogP contribution in [0.3, 0.4) is 0 Å². The van der Waals surface area contributed by atoms with Crippen molar-refractivity contribution < 1.29 is 17.6 Å². The monoisotopic (exact) mass is 464 g/mol. The lowest BCUT2D eigenvalue weighted by atomic mass is 10.3. The van der Waals surface area contributed by atoms with Crippen LogP contribution in [0.2, 0.25) is 5.02 Å². The largest absolute Gasteiger partial charge is 0.420 e. The van der Waals surface area contributed by atoms with E-state index in [-0.39, 0.29) is 16.6 Å². The van der Waals surface area contributed by atoms with Crippen LogP contribution in [0.1, 0.15) is 0 Å². The summed E-state index contributed by atoms with van der Waals surface area (Å²) in [5, 5.41) is 4.92. The lowest BCUT2D eigenvalue weighted by molar-refractivity contribution is -0.116. The number of hydrogen-bond donors (Lipinski definition) is 2. The van der Waals surface area contributed by atoms with Crippen LogP contribution in [0.25, 0.3) is 11.1 Å². The third kappa shape index (κ3) is 4.22. The number of nitrogens with zero attached hydrogens (tertiary/aromatic N) is 2. The highest BCUT2D eigenvalue weighted by Gasteiger charge is 2.16. The van der Waals surface area contributed by atoms with E-state index in [1.807, 2.05) is 0 Å². The van der Waals surface area contributed by atoms with E-state index in [1.54, 1.807) is 17.5 Å². The summed E-state index contributed by atoms with van der Waals surface area (Å²) in [6.07, 6.45) is 1.49. The molecule has 12 heteroatoms. The Morgan fingerprint density at radius 3 is 2.67 bits per heavy atom. The van der Waals surface area contributed by atoms with Gasteiger partial charge in [0.25, 0.3) is 10.0 Å². The van der Waals surface area contributed by atoms with Crippen LogP contribution in [-0.4, -0.2) is 23.9 Å². The highest BCUT2D eigenvalue weighted by atomic mass is 35.5. The molecule has 9 nitrogen and oxygen atoms in total. The third-order valence-electron chi connectivity index (χ3n) is 4.03. The number of amides is 1. The Morgan fingerprint density at radius 2 is 1.97 bits per heavy atom. The summed E-state index contributed by atoms with van der Waals surface area (Å²) in [5.41, 5.74) is 1.09. The first kappa shape index (κ1) is 20.1. The number of thiazole rings is 1. The van der Waals surface area contributed by atoms with Gasteiger partial charge in [0.05, 0.1) is 10.4 Å². The smallest absolute Gasteiger partial charge is 0.408 e. The lowest BCUT2D eigenvalue weighted by Crippen LogP contribution is -2.24. The molecule has 0 aliphatic carbocycles. The molecule has 4 aromatic rings. The number of halogens is 1. The number of carbonyl (C=O) groups is 1. The number of benzene rings is 2. The van der Waals surface area contributed by atoms with Crippen molar-refractivity contribution in [3.05, 3.63) is 69.6 Å². The molecule has 1 amide bonds. The average molecular weight is 465 g/mol. The Morgan fingerprint density at radius 1 is 1.20 bits per heavy atom. The molecule has 30 heavy (non-hydrogen) atoms. The Kier molecular flexibility index (Phi) is 5.33. The van der Waals surface area contributed by atoms with E-state index in [9.17, 15) is 18.0 Å². The number of anilines is 2. The third-order valence-corrected chi connectivity index (χ3v) is 6.44. The van der Waals surface area contributed by atoms with Crippen molar-refractivity contribution in [3.8, 4) is 0 Å². The Balaban J connectivity index is 1.47. The van der Waals surface area contributed by atoms with E-state index in [0.29, 0.717) is 21.8 Å². The molecule has 0 aliphatic heterocycles. The van der Waals surface area contributed by atoms with Crippen molar-refractivity contribution in [2.75, 3.05) is 10.0 Å². The zero-order chi connectivity index (χ0) is 21.3. The Labute approximate surface area is 179 Å². The van der Waals surface area contributed by atoms with Crippen LogP contribution < -0.4 is 15.8 Å². The molecule has 2 heterocycles. The van der Waals surface area contributed by atoms with Gasteiger partial charge in [-0.2, -0.15) is 0 Å². The van der Waals surface area contributed by atoms with Gasteiger partial charge in [0.1, 0.15) is 6.54 Å². The minimum atomic E-state index is -3.79. The fraction of sp³-hybridized carbons (Fsp3) is 0.0556. The first-order valence-electron chi connectivity index (χ1n) is 8.43. The van der Waals surface area contributed by atoms with Crippen LogP contribution in [0.5, 0.6) is 0 Å². The maximum atomic E-state index is 12.4. The standard InChI is InChI=1S/C18H13ClN4O5S2/c19-11-1-6-15-14(9-11)23(18(25)28-15)10-16(24)21-12-2-4-13(5-3-12)30(26,27)22-17-20-7-8-29-17/h1-9H,10H2,(H,20,22)(H,21,24). The van der Waals surface area contributed by atoms with Gasteiger partial charge in [-0.05, 0) is 42.5 Å². The van der Waals surface area contributed by atoms with Gasteiger partial charge in [0, 0.05) is 22.3 Å². The van der Waals surface area contributed by atoms with Crippen molar-refractivity contribution in [2.24, 2.45) is 0 Å². The lowest BCUT2D eigenvalue weighted by Gasteiger charge is -2.08. The predicted octanol–water partition coefficient (Wildman–Crippen LogP) is 3.14. The molecule has 0 saturated heterocycles. The van der Waals surface area contributed by atoms with Gasteiger partial charge in [-0.15, -0.1) is 11.3 Å². The highest BCUT2D eigenvalue weighted by molar-refractivity contribution is 7.93. The summed E-state index contributed by atoms with van der Waals surface area (Å²) in [4.78, 5) is 28.3. The van der Waals surface area contributed by atoms with Gasteiger partial charge in [0.2, 0.25) is 5.91 Å². The number of carbonyl (C=O) groups excluding carboxylic acids is 1. The van der Waals surface area contributed by atoms with Crippen LogP contribution in [0.4, 0.5) is 10.8 Å². The fourth-order valence-corrected chi connectivity index (χ4v) is 4.65. The molecule has 2 aromatic carbocycles. The summed E-state index contributed by atoms with van der Waals surface area (Å²) in [7, 11) is -3.79. The van der Waals surface area contributed by atoms with Crippen molar-refractivity contribution in [1.29, 1.82) is 0 Å². The van der Waals surface area contributed by atoms with Crippen LogP contribution in [0, 0.1) is 0 Å². The van der Waals surface area contributed by atoms with Crippen LogP contribution >= 0.6 is 22.9 Å². The maximum Gasteiger partial charge on any atom is 0.420 e. The van der Waals surface area contributed by atoms with Gasteiger partial charge >= 0.3 is 5.76 Å². The molecule has 0 spiro atoms. The first-order valence-corrected chi connectivity index (χ1v) is 11.2. The van der Waals surface area contributed by atoms with Crippen molar-refractivity contribution >= 4 is 60.8 Å². The molecular weight excluding hydrogens is 452 g/mol. The summed E-state index contributed by atoms with van der Waals surface area (Å²) < 4.78 is 33.3. The minimum Gasteiger partial charge on any atom is -0.408 e. The summed E-state index contributed by atoms with van der Waals surface area (Å²) >= 11 is 7.11. The SMILES string of the molecule is O=C(Cn1c(=O)oc2ccc(Cl)cc21)Nc1ccc(S(=O)(=O)Nc2nccs2)cc1. The number of sulfonamides is 1. The predicted molar refractivity (Wildman–Crippen MR) is 113 cm³/mol. The van der Waals surface area contributed by atoms with Gasteiger partial charge in [0.15, 0.2) is 10.7 Å². The molecular formula is C18H13ClN4O5S2. The van der Waals surface area contributed by atoms with Crippen molar-refractivity contribution in [2.45, 2.75) is 11.4 Å². The molecule has 0 fully saturated rings. The van der Waals surface area contributed by atoms with Gasteiger partial charge in [-0.3, -0.25) is 14.1 Å². The summed E-state index contributed by atoms with van der Waals surface area (Å²) in [6.45, 7) is -0.294. The summed E-state index contributed by atoms with van der Waals surface area (Å²) in [5.74, 6) is -1.17. The number of nitrogens with one attached hydrogen (secondary N) is 2. The minimum absolute atomic E-state index is 0.0161. The number of oxazole rings is 1. The van der Waals surface area contributed by atoms with E-state index < -0.39 is 21.7 Å². The average Bonchev–Trinajstić information content (AvgIpc) is 3.30. The molecule has 0 radical (unpaired) electrons. The molecule has 0 bridgehead atoms. The van der Waals surface area contributed by atoms with Gasteiger partial charge in [-0.1, -0.05) is 11.6 Å². The van der Waals surface area contributed by atoms with Gasteiger partial charge in [-0.25, -0.2) is 18.2 Å². The van der Waals surface area contributed by atoms with E-state index in [2.05, 4.69) is 15.0 Å². The van der Waals surface area contributed by atoms with Crippen LogP contribution in [-0.2, 0) is 21.4 Å². The highest BCUT2D eigenvalue weighted by Crippen LogP contribution is 2.20. The molecule has 0 aliphatic rings. The molecule has 0 saturated carbocycles. The van der Waals surface area contributed by atoms with E-state index in [1.165, 1.54) is 36.5 Å². The summed E-state index contributed by atoms with van der Waals surface area (Å²) in [6, 6.07) is 10.3. The molecule has 4 rings (SSSR count). The number of rotatable bonds is 6. The van der Waals surface area contributed by atoms with Crippen molar-refractivity contribution in [3.63, 3.8) is 0 Å². The zero-order valence-corrected chi connectivity index (χ0v) is 17.4. The Hall–Kier alpha value is -3.15. The fourth-order valence-electron chi connectivity index (χ4n) is 2.69. The topological polar surface area (TPSA) is 123 Å². The second-order valence-corrected chi connectivity index (χ2v) is 9.09. The second kappa shape index (κ2) is 7.94. The van der Waals surface area contributed by atoms with Gasteiger partial charge < -0.3 is 9.73 Å². The number of aromatic nitrogens is 2. The van der Waals surface area contributed by atoms with Crippen LogP contribution in [0.15, 0.2) is 68.1 Å². The maximum absolute atomic E-state index is 12.4. The molecule has 154 valence electrons. The van der Waals surface area contributed by atoms with E-state index in [0.717, 1.165) is 15.9 Å². The molecule has 0 unspecified atom stereocenters. The molecule has 2 aromatic heterocycles. The quantitative estimate of drug-likeness (QED) is 0.452. The normalized spacial score (nSPS) is 11.5. The second-order valence-electron chi connectivity index (χ2n) is 6.08. The van der Waals surface area contributed by atoms with E-state index in [4.69, 9.17) is 16.0 Å². The van der Waals surface area contributed by atoms with Crippen molar-refractivity contribution in [1.82, 2.24) is 9.55 Å². The Bertz CT molecular complexity index is 1380. The molecule has 2 N–H and O–H groups in total. The number of fused-ring (bicyclic) bond motifs is 1. The molecule has 0 atom stereocenters. The number of hydrogen-bond acceptors (Lipinski definition) is 7. The first-order chi connectivity index (χ1) is 14.3.